The van der Waals surface area contributed by atoms with Crippen molar-refractivity contribution in [2.75, 3.05) is 17.1 Å². The summed E-state index contributed by atoms with van der Waals surface area (Å²) in [4.78, 5) is 27.6. The largest absolute Gasteiger partial charge is 0.350 e. The normalized spacial score (nSPS) is 12.7. The Kier molecular flexibility index (Phi) is 8.31. The van der Waals surface area contributed by atoms with Crippen LogP contribution in [-0.4, -0.2) is 49.5 Å². The van der Waals surface area contributed by atoms with E-state index in [1.807, 2.05) is 20.8 Å². The van der Waals surface area contributed by atoms with Crippen molar-refractivity contribution >= 4 is 39.1 Å². The van der Waals surface area contributed by atoms with Gasteiger partial charge in [0.2, 0.25) is 21.8 Å². The van der Waals surface area contributed by atoms with Gasteiger partial charge >= 0.3 is 0 Å². The maximum atomic E-state index is 13.4. The van der Waals surface area contributed by atoms with Gasteiger partial charge in [0.15, 0.2) is 0 Å². The Balaban J connectivity index is 2.39. The molecule has 0 aromatic heterocycles. The predicted molar refractivity (Wildman–Crippen MR) is 128 cm³/mol. The minimum Gasteiger partial charge on any atom is -0.350 e. The Morgan fingerprint density at radius 3 is 2.12 bits per heavy atom. The Hall–Kier alpha value is -2.58. The number of carbonyl (C=O) groups is 2. The van der Waals surface area contributed by atoms with Crippen LogP contribution in [0.25, 0.3) is 0 Å². The fourth-order valence-corrected chi connectivity index (χ4v) is 4.12. The molecule has 0 saturated carbocycles. The van der Waals surface area contributed by atoms with Crippen LogP contribution >= 0.6 is 11.6 Å². The van der Waals surface area contributed by atoms with Crippen LogP contribution in [0, 0.1) is 0 Å². The molecule has 32 heavy (non-hydrogen) atoms. The van der Waals surface area contributed by atoms with Crippen LogP contribution in [0.15, 0.2) is 54.6 Å². The fraction of sp³-hybridized carbons (Fsp3) is 0.391. The van der Waals surface area contributed by atoms with E-state index in [9.17, 15) is 18.0 Å². The lowest BCUT2D eigenvalue weighted by molar-refractivity contribution is -0.140. The number of sulfonamides is 1. The molecule has 2 amide bonds. The molecule has 0 spiro atoms. The van der Waals surface area contributed by atoms with Gasteiger partial charge in [-0.2, -0.15) is 0 Å². The molecule has 0 aliphatic rings. The molecule has 9 heteroatoms. The number of halogens is 1. The number of anilines is 1. The number of nitrogens with zero attached hydrogens (tertiary/aromatic N) is 2. The van der Waals surface area contributed by atoms with Gasteiger partial charge in [-0.25, -0.2) is 8.42 Å². The SMILES string of the molecule is C[C@H](C(=O)NC(C)(C)C)N(Cc1ccccc1Cl)C(=O)CN(c1ccccc1)S(C)(=O)=O. The van der Waals surface area contributed by atoms with Crippen LogP contribution in [0.2, 0.25) is 5.02 Å². The number of amides is 2. The molecular formula is C23H30ClN3O4S. The quantitative estimate of drug-likeness (QED) is 0.628. The van der Waals surface area contributed by atoms with Gasteiger partial charge in [0.25, 0.3) is 0 Å². The summed E-state index contributed by atoms with van der Waals surface area (Å²) >= 11 is 6.29. The van der Waals surface area contributed by atoms with Crippen molar-refractivity contribution in [1.29, 1.82) is 0 Å². The molecule has 0 heterocycles. The summed E-state index contributed by atoms with van der Waals surface area (Å²) in [6.07, 6.45) is 1.04. The molecular weight excluding hydrogens is 450 g/mol. The first-order valence-electron chi connectivity index (χ1n) is 10.2. The second kappa shape index (κ2) is 10.4. The van der Waals surface area contributed by atoms with E-state index in [-0.39, 0.29) is 12.5 Å². The summed E-state index contributed by atoms with van der Waals surface area (Å²) in [6, 6.07) is 14.5. The van der Waals surface area contributed by atoms with Crippen LogP contribution in [0.5, 0.6) is 0 Å². The van der Waals surface area contributed by atoms with E-state index in [0.29, 0.717) is 16.3 Å². The fourth-order valence-electron chi connectivity index (χ4n) is 3.07. The minimum atomic E-state index is -3.74. The lowest BCUT2D eigenvalue weighted by atomic mass is 10.1. The number of hydrogen-bond acceptors (Lipinski definition) is 4. The van der Waals surface area contributed by atoms with Crippen molar-refractivity contribution in [2.45, 2.75) is 45.8 Å². The van der Waals surface area contributed by atoms with Crippen LogP contribution in [0.3, 0.4) is 0 Å². The molecule has 2 aromatic rings. The Labute approximate surface area is 195 Å². The second-order valence-electron chi connectivity index (χ2n) is 8.63. The van der Waals surface area contributed by atoms with E-state index in [1.165, 1.54) is 4.90 Å². The highest BCUT2D eigenvalue weighted by Crippen LogP contribution is 2.21. The van der Waals surface area contributed by atoms with Gasteiger partial charge in [0, 0.05) is 17.1 Å². The minimum absolute atomic E-state index is 0.0592. The van der Waals surface area contributed by atoms with Gasteiger partial charge in [-0.3, -0.25) is 13.9 Å². The van der Waals surface area contributed by atoms with E-state index < -0.39 is 34.1 Å². The molecule has 0 fully saturated rings. The highest BCUT2D eigenvalue weighted by Gasteiger charge is 2.31. The van der Waals surface area contributed by atoms with Crippen LogP contribution < -0.4 is 9.62 Å². The number of carbonyl (C=O) groups excluding carboxylic acids is 2. The van der Waals surface area contributed by atoms with Crippen molar-refractivity contribution in [2.24, 2.45) is 0 Å². The first kappa shape index (κ1) is 25.7. The molecule has 0 aliphatic carbocycles. The third-order valence-electron chi connectivity index (χ3n) is 4.69. The molecule has 0 saturated heterocycles. The van der Waals surface area contributed by atoms with Crippen molar-refractivity contribution in [3.63, 3.8) is 0 Å². The number of para-hydroxylation sites is 1. The molecule has 2 aromatic carbocycles. The average molecular weight is 480 g/mol. The van der Waals surface area contributed by atoms with Crippen molar-refractivity contribution in [3.05, 3.63) is 65.2 Å². The number of rotatable bonds is 8. The molecule has 1 N–H and O–H groups in total. The first-order valence-corrected chi connectivity index (χ1v) is 12.4. The maximum Gasteiger partial charge on any atom is 0.244 e. The van der Waals surface area contributed by atoms with Gasteiger partial charge in [-0.1, -0.05) is 48.0 Å². The molecule has 0 unspecified atom stereocenters. The summed E-state index contributed by atoms with van der Waals surface area (Å²) in [6.45, 7) is 6.77. The first-order chi connectivity index (χ1) is 14.8. The molecule has 0 bridgehead atoms. The summed E-state index contributed by atoms with van der Waals surface area (Å²) in [7, 11) is -3.74. The summed E-state index contributed by atoms with van der Waals surface area (Å²) in [5.74, 6) is -0.862. The third-order valence-corrected chi connectivity index (χ3v) is 6.20. The monoisotopic (exact) mass is 479 g/mol. The van der Waals surface area contributed by atoms with E-state index in [4.69, 9.17) is 11.6 Å². The van der Waals surface area contributed by atoms with Gasteiger partial charge < -0.3 is 10.2 Å². The van der Waals surface area contributed by atoms with Gasteiger partial charge in [0.1, 0.15) is 12.6 Å². The Morgan fingerprint density at radius 2 is 1.59 bits per heavy atom. The maximum absolute atomic E-state index is 13.4. The second-order valence-corrected chi connectivity index (χ2v) is 10.9. The molecule has 7 nitrogen and oxygen atoms in total. The van der Waals surface area contributed by atoms with E-state index in [1.54, 1.807) is 61.5 Å². The van der Waals surface area contributed by atoms with Crippen molar-refractivity contribution in [3.8, 4) is 0 Å². The van der Waals surface area contributed by atoms with E-state index >= 15 is 0 Å². The predicted octanol–water partition coefficient (Wildman–Crippen LogP) is 3.44. The van der Waals surface area contributed by atoms with Crippen molar-refractivity contribution in [1.82, 2.24) is 10.2 Å². The molecule has 2 rings (SSSR count). The zero-order valence-electron chi connectivity index (χ0n) is 19.0. The van der Waals surface area contributed by atoms with Gasteiger partial charge in [0.05, 0.1) is 11.9 Å². The highest BCUT2D eigenvalue weighted by atomic mass is 35.5. The lowest BCUT2D eigenvalue weighted by Crippen LogP contribution is -2.54. The third kappa shape index (κ3) is 7.24. The smallest absolute Gasteiger partial charge is 0.244 e. The zero-order valence-corrected chi connectivity index (χ0v) is 20.6. The van der Waals surface area contributed by atoms with Gasteiger partial charge in [-0.15, -0.1) is 0 Å². The zero-order chi connectivity index (χ0) is 24.1. The van der Waals surface area contributed by atoms with Gasteiger partial charge in [-0.05, 0) is 51.5 Å². The van der Waals surface area contributed by atoms with E-state index in [2.05, 4.69) is 5.32 Å². The standard InChI is InChI=1S/C23H30ClN3O4S/c1-17(22(29)25-23(2,3)4)26(15-18-11-9-10-14-20(18)24)21(28)16-27(32(5,30)31)19-12-7-6-8-13-19/h6-14,17H,15-16H2,1-5H3,(H,25,29)/t17-/m1/s1. The molecule has 0 radical (unpaired) electrons. The van der Waals surface area contributed by atoms with E-state index in [0.717, 1.165) is 10.6 Å². The van der Waals surface area contributed by atoms with Crippen LogP contribution in [0.4, 0.5) is 5.69 Å². The summed E-state index contributed by atoms with van der Waals surface area (Å²) < 4.78 is 25.9. The summed E-state index contributed by atoms with van der Waals surface area (Å²) in [5, 5.41) is 3.33. The summed E-state index contributed by atoms with van der Waals surface area (Å²) in [5.41, 5.74) is 0.532. The molecule has 0 aliphatic heterocycles. The Bertz CT molecular complexity index is 1050. The molecule has 174 valence electrons. The number of nitrogens with one attached hydrogen (secondary N) is 1. The van der Waals surface area contributed by atoms with Crippen LogP contribution in [0.1, 0.15) is 33.3 Å². The topological polar surface area (TPSA) is 86.8 Å². The Morgan fingerprint density at radius 1 is 1.03 bits per heavy atom. The highest BCUT2D eigenvalue weighted by molar-refractivity contribution is 7.92. The lowest BCUT2D eigenvalue weighted by Gasteiger charge is -2.33. The molecule has 1 atom stereocenters. The average Bonchev–Trinajstić information content (AvgIpc) is 2.69. The number of hydrogen-bond donors (Lipinski definition) is 1. The van der Waals surface area contributed by atoms with Crippen LogP contribution in [-0.2, 0) is 26.2 Å². The number of benzene rings is 2. The van der Waals surface area contributed by atoms with Crippen molar-refractivity contribution < 1.29 is 18.0 Å².